The maximum absolute atomic E-state index is 5.41. The van der Waals surface area contributed by atoms with E-state index in [0.29, 0.717) is 6.04 Å². The van der Waals surface area contributed by atoms with Crippen LogP contribution < -0.4 is 5.73 Å². The van der Waals surface area contributed by atoms with Crippen LogP contribution in [0.5, 0.6) is 0 Å². The topological polar surface area (TPSA) is 29.3 Å². The summed E-state index contributed by atoms with van der Waals surface area (Å²) in [5, 5.41) is 0. The zero-order valence-electron chi connectivity index (χ0n) is 8.14. The smallest absolute Gasteiger partial charge is 0.00384 e. The standard InChI is InChI=1S/C9H22N2/c1-4-11(9(2)3)8-6-5-7-10/h9H,4-8,10H2,1-3H3. The third-order valence-corrected chi connectivity index (χ3v) is 2.04. The highest BCUT2D eigenvalue weighted by atomic mass is 15.1. The first-order chi connectivity index (χ1) is 5.22. The molecule has 0 rings (SSSR count). The van der Waals surface area contributed by atoms with Gasteiger partial charge in [-0.25, -0.2) is 0 Å². The van der Waals surface area contributed by atoms with Crippen molar-refractivity contribution in [2.45, 2.75) is 39.7 Å². The third kappa shape index (κ3) is 5.22. The van der Waals surface area contributed by atoms with Crippen LogP contribution >= 0.6 is 0 Å². The summed E-state index contributed by atoms with van der Waals surface area (Å²) in [6.45, 7) is 9.88. The molecule has 0 aromatic rings. The minimum atomic E-state index is 0.678. The van der Waals surface area contributed by atoms with Crippen LogP contribution in [0, 0.1) is 0 Å². The molecule has 0 amide bonds. The van der Waals surface area contributed by atoms with Crippen LogP contribution in [-0.2, 0) is 0 Å². The quantitative estimate of drug-likeness (QED) is 0.593. The lowest BCUT2D eigenvalue weighted by molar-refractivity contribution is 0.229. The van der Waals surface area contributed by atoms with Gasteiger partial charge in [0.15, 0.2) is 0 Å². The van der Waals surface area contributed by atoms with Crippen LogP contribution in [-0.4, -0.2) is 30.6 Å². The van der Waals surface area contributed by atoms with Gasteiger partial charge in [0.05, 0.1) is 0 Å². The Morgan fingerprint density at radius 3 is 2.27 bits per heavy atom. The van der Waals surface area contributed by atoms with Gasteiger partial charge in [0.1, 0.15) is 0 Å². The number of nitrogens with zero attached hydrogens (tertiary/aromatic N) is 1. The predicted molar refractivity (Wildman–Crippen MR) is 50.7 cm³/mol. The number of hydrogen-bond acceptors (Lipinski definition) is 2. The van der Waals surface area contributed by atoms with Crippen LogP contribution in [0.4, 0.5) is 0 Å². The molecule has 2 nitrogen and oxygen atoms in total. The SMILES string of the molecule is CCN(CCCCN)C(C)C. The summed E-state index contributed by atoms with van der Waals surface area (Å²) in [7, 11) is 0. The van der Waals surface area contributed by atoms with Gasteiger partial charge in [0, 0.05) is 6.04 Å². The molecule has 0 unspecified atom stereocenters. The Morgan fingerprint density at radius 2 is 1.91 bits per heavy atom. The molecule has 0 atom stereocenters. The number of unbranched alkanes of at least 4 members (excludes halogenated alkanes) is 1. The van der Waals surface area contributed by atoms with Crippen molar-refractivity contribution in [2.24, 2.45) is 5.73 Å². The van der Waals surface area contributed by atoms with E-state index in [2.05, 4.69) is 25.7 Å². The third-order valence-electron chi connectivity index (χ3n) is 2.04. The highest BCUT2D eigenvalue weighted by molar-refractivity contribution is 4.60. The fraction of sp³-hybridized carbons (Fsp3) is 1.00. The molecule has 0 aliphatic heterocycles. The lowest BCUT2D eigenvalue weighted by Crippen LogP contribution is -2.31. The molecule has 0 aliphatic carbocycles. The zero-order valence-corrected chi connectivity index (χ0v) is 8.14. The predicted octanol–water partition coefficient (Wildman–Crippen LogP) is 1.46. The van der Waals surface area contributed by atoms with E-state index >= 15 is 0 Å². The molecule has 0 aliphatic rings. The average Bonchev–Trinajstić information content (AvgIpc) is 1.97. The Bertz CT molecular complexity index is 81.6. The van der Waals surface area contributed by atoms with Crippen LogP contribution in [0.1, 0.15) is 33.6 Å². The molecule has 0 aromatic carbocycles. The summed E-state index contributed by atoms with van der Waals surface area (Å²) in [5.74, 6) is 0. The van der Waals surface area contributed by atoms with Gasteiger partial charge in [0.25, 0.3) is 0 Å². The molecular formula is C9H22N2. The van der Waals surface area contributed by atoms with Crippen molar-refractivity contribution in [3.05, 3.63) is 0 Å². The minimum Gasteiger partial charge on any atom is -0.330 e. The summed E-state index contributed by atoms with van der Waals surface area (Å²) >= 11 is 0. The second-order valence-corrected chi connectivity index (χ2v) is 3.22. The van der Waals surface area contributed by atoms with Crippen molar-refractivity contribution < 1.29 is 0 Å². The summed E-state index contributed by atoms with van der Waals surface area (Å²) in [6, 6.07) is 0.678. The van der Waals surface area contributed by atoms with Crippen LogP contribution in [0.3, 0.4) is 0 Å². The van der Waals surface area contributed by atoms with Gasteiger partial charge < -0.3 is 10.6 Å². The monoisotopic (exact) mass is 158 g/mol. The Balaban J connectivity index is 3.36. The maximum Gasteiger partial charge on any atom is 0.00384 e. The van der Waals surface area contributed by atoms with Crippen LogP contribution in [0.25, 0.3) is 0 Å². The van der Waals surface area contributed by atoms with Gasteiger partial charge in [-0.1, -0.05) is 6.92 Å². The van der Waals surface area contributed by atoms with Gasteiger partial charge in [-0.2, -0.15) is 0 Å². The molecule has 0 saturated heterocycles. The van der Waals surface area contributed by atoms with Gasteiger partial charge in [-0.05, 0) is 46.3 Å². The summed E-state index contributed by atoms with van der Waals surface area (Å²) in [4.78, 5) is 2.47. The maximum atomic E-state index is 5.41. The number of hydrogen-bond donors (Lipinski definition) is 1. The van der Waals surface area contributed by atoms with Gasteiger partial charge in [0.2, 0.25) is 0 Å². The Morgan fingerprint density at radius 1 is 1.27 bits per heavy atom. The zero-order chi connectivity index (χ0) is 8.69. The lowest BCUT2D eigenvalue weighted by atomic mass is 10.2. The van der Waals surface area contributed by atoms with Crippen LogP contribution in [0.2, 0.25) is 0 Å². The summed E-state index contributed by atoms with van der Waals surface area (Å²) in [6.07, 6.45) is 2.39. The van der Waals surface area contributed by atoms with Crippen molar-refractivity contribution in [3.8, 4) is 0 Å². The molecular weight excluding hydrogens is 136 g/mol. The van der Waals surface area contributed by atoms with Gasteiger partial charge in [-0.3, -0.25) is 0 Å². The van der Waals surface area contributed by atoms with Gasteiger partial charge >= 0.3 is 0 Å². The van der Waals surface area contributed by atoms with Crippen LogP contribution in [0.15, 0.2) is 0 Å². The van der Waals surface area contributed by atoms with E-state index in [0.717, 1.165) is 19.5 Å². The first kappa shape index (κ1) is 10.9. The Hall–Kier alpha value is -0.0800. The van der Waals surface area contributed by atoms with Gasteiger partial charge in [-0.15, -0.1) is 0 Å². The van der Waals surface area contributed by atoms with E-state index in [-0.39, 0.29) is 0 Å². The highest BCUT2D eigenvalue weighted by Gasteiger charge is 2.04. The number of nitrogens with two attached hydrogens (primary N) is 1. The van der Waals surface area contributed by atoms with E-state index in [1.165, 1.54) is 13.0 Å². The second-order valence-electron chi connectivity index (χ2n) is 3.22. The summed E-state index contributed by atoms with van der Waals surface area (Å²) < 4.78 is 0. The molecule has 11 heavy (non-hydrogen) atoms. The molecule has 68 valence electrons. The molecule has 0 radical (unpaired) electrons. The molecule has 2 N–H and O–H groups in total. The fourth-order valence-electron chi connectivity index (χ4n) is 1.24. The molecule has 0 saturated carbocycles. The van der Waals surface area contributed by atoms with Crippen molar-refractivity contribution in [2.75, 3.05) is 19.6 Å². The number of rotatable bonds is 6. The first-order valence-electron chi connectivity index (χ1n) is 4.66. The molecule has 0 bridgehead atoms. The van der Waals surface area contributed by atoms with Crippen molar-refractivity contribution >= 4 is 0 Å². The molecule has 0 heterocycles. The van der Waals surface area contributed by atoms with E-state index in [1.807, 2.05) is 0 Å². The normalized spacial score (nSPS) is 11.5. The van der Waals surface area contributed by atoms with Crippen molar-refractivity contribution in [1.29, 1.82) is 0 Å². The van der Waals surface area contributed by atoms with Crippen molar-refractivity contribution in [3.63, 3.8) is 0 Å². The summed E-state index contributed by atoms with van der Waals surface area (Å²) in [5.41, 5.74) is 5.41. The average molecular weight is 158 g/mol. The molecule has 2 heteroatoms. The Labute approximate surface area is 70.8 Å². The molecule has 0 aromatic heterocycles. The molecule has 0 spiro atoms. The fourth-order valence-corrected chi connectivity index (χ4v) is 1.24. The highest BCUT2D eigenvalue weighted by Crippen LogP contribution is 1.99. The lowest BCUT2D eigenvalue weighted by Gasteiger charge is -2.24. The largest absolute Gasteiger partial charge is 0.330 e. The second kappa shape index (κ2) is 6.62. The van der Waals surface area contributed by atoms with E-state index in [4.69, 9.17) is 5.73 Å². The van der Waals surface area contributed by atoms with Crippen molar-refractivity contribution in [1.82, 2.24) is 4.90 Å². The van der Waals surface area contributed by atoms with E-state index in [1.54, 1.807) is 0 Å². The Kier molecular flexibility index (Phi) is 6.57. The first-order valence-corrected chi connectivity index (χ1v) is 4.66. The molecule has 0 fully saturated rings. The minimum absolute atomic E-state index is 0.678. The van der Waals surface area contributed by atoms with E-state index in [9.17, 15) is 0 Å². The van der Waals surface area contributed by atoms with E-state index < -0.39 is 0 Å².